The van der Waals surface area contributed by atoms with E-state index >= 15 is 0 Å². The lowest BCUT2D eigenvalue weighted by Crippen LogP contribution is -2.37. The molecule has 5 heteroatoms. The molecule has 0 heterocycles. The number of nitriles is 1. The molecule has 0 aromatic rings. The van der Waals surface area contributed by atoms with Gasteiger partial charge in [-0.1, -0.05) is 20.8 Å². The predicted octanol–water partition coefficient (Wildman–Crippen LogP) is 2.10. The highest BCUT2D eigenvalue weighted by Gasteiger charge is 2.59. The van der Waals surface area contributed by atoms with Crippen LogP contribution >= 0.6 is 7.26 Å². The smallest absolute Gasteiger partial charge is 0.170 e. The van der Waals surface area contributed by atoms with E-state index in [0.717, 1.165) is 0 Å². The molecule has 0 aliphatic rings. The van der Waals surface area contributed by atoms with Crippen LogP contribution in [0.1, 0.15) is 47.0 Å². The van der Waals surface area contributed by atoms with Gasteiger partial charge in [0.15, 0.2) is 23.2 Å². The van der Waals surface area contributed by atoms with Crippen LogP contribution in [-0.4, -0.2) is 38.5 Å². The summed E-state index contributed by atoms with van der Waals surface area (Å²) in [5.74, 6) is -2.33. The fourth-order valence-electron chi connectivity index (χ4n) is 2.42. The van der Waals surface area contributed by atoms with Crippen LogP contribution in [0.3, 0.4) is 0 Å². The average molecular weight is 262 g/mol. The molecule has 0 radical (unpaired) electrons. The average Bonchev–Trinajstić information content (AvgIpc) is 2.37. The van der Waals surface area contributed by atoms with Crippen molar-refractivity contribution < 1.29 is 15.3 Å². The third-order valence-corrected chi connectivity index (χ3v) is 9.15. The third kappa shape index (κ3) is 2.98. The van der Waals surface area contributed by atoms with Crippen molar-refractivity contribution in [3.8, 4) is 6.07 Å². The summed E-state index contributed by atoms with van der Waals surface area (Å²) in [5, 5.41) is 39.9. The van der Waals surface area contributed by atoms with Crippen molar-refractivity contribution in [2.24, 2.45) is 0 Å². The van der Waals surface area contributed by atoms with Crippen molar-refractivity contribution in [2.45, 2.75) is 70.2 Å². The monoisotopic (exact) mass is 262 g/mol. The van der Waals surface area contributed by atoms with Crippen LogP contribution in [-0.2, 0) is 0 Å². The summed E-state index contributed by atoms with van der Waals surface area (Å²) in [4.78, 5) is 0. The zero-order valence-corrected chi connectivity index (χ0v) is 12.1. The van der Waals surface area contributed by atoms with Gasteiger partial charge in [-0.05, 0) is 6.92 Å². The molecule has 0 aromatic heterocycles. The van der Waals surface area contributed by atoms with Crippen LogP contribution in [0.5, 0.6) is 0 Å². The van der Waals surface area contributed by atoms with Crippen LogP contribution in [0.25, 0.3) is 0 Å². The fourth-order valence-corrected chi connectivity index (χ4v) is 7.26. The quantitative estimate of drug-likeness (QED) is 0.613. The van der Waals surface area contributed by atoms with Gasteiger partial charge in [-0.25, -0.2) is 0 Å². The van der Waals surface area contributed by atoms with Crippen LogP contribution < -0.4 is 0 Å². The first-order valence-corrected chi connectivity index (χ1v) is 8.31. The van der Waals surface area contributed by atoms with Crippen LogP contribution in [0.2, 0.25) is 0 Å². The molecule has 0 aromatic carbocycles. The summed E-state index contributed by atoms with van der Waals surface area (Å²) in [5.41, 5.74) is -0.498. The molecule has 0 rings (SSSR count). The lowest BCUT2D eigenvalue weighted by molar-refractivity contribution is 0.177. The highest BCUT2D eigenvalue weighted by Crippen LogP contribution is 2.73. The third-order valence-electron chi connectivity index (χ3n) is 3.50. The van der Waals surface area contributed by atoms with E-state index in [-0.39, 0.29) is 0 Å². The molecule has 0 saturated carbocycles. The van der Waals surface area contributed by atoms with Crippen molar-refractivity contribution in [2.75, 3.05) is 0 Å². The number of hydrogen-bond donors (Lipinski definition) is 3. The molecule has 0 bridgehead atoms. The van der Waals surface area contributed by atoms with E-state index in [1.54, 1.807) is 6.92 Å². The molecule has 4 unspecified atom stereocenters. The summed E-state index contributed by atoms with van der Waals surface area (Å²) in [6, 6.07) is 2.12. The molecular weight excluding hydrogens is 237 g/mol. The van der Waals surface area contributed by atoms with Gasteiger partial charge >= 0.3 is 0 Å². The minimum Gasteiger partial charge on any atom is -0.359 e. The molecule has 0 aliphatic carbocycles. The maximum absolute atomic E-state index is 10.3. The van der Waals surface area contributed by atoms with Crippen molar-refractivity contribution in [3.05, 3.63) is 0 Å². The van der Waals surface area contributed by atoms with Gasteiger partial charge in [0.1, 0.15) is 13.3 Å². The molecule has 17 heavy (non-hydrogen) atoms. The van der Waals surface area contributed by atoms with Gasteiger partial charge in [0, 0.05) is 19.3 Å². The Morgan fingerprint density at radius 2 is 1.24 bits per heavy atom. The van der Waals surface area contributed by atoms with Crippen LogP contribution in [0.4, 0.5) is 0 Å². The molecule has 4 atom stereocenters. The zero-order valence-electron chi connectivity index (χ0n) is 11.2. The predicted molar refractivity (Wildman–Crippen MR) is 70.9 cm³/mol. The summed E-state index contributed by atoms with van der Waals surface area (Å²) in [7, 11) is -2.55. The summed E-state index contributed by atoms with van der Waals surface area (Å²) < 4.78 is 0. The second-order valence-electron chi connectivity index (χ2n) is 4.37. The molecule has 0 spiro atoms. The van der Waals surface area contributed by atoms with Gasteiger partial charge in [0.2, 0.25) is 0 Å². The Kier molecular flexibility index (Phi) is 7.20. The van der Waals surface area contributed by atoms with E-state index in [1.165, 1.54) is 0 Å². The first-order chi connectivity index (χ1) is 7.93. The standard InChI is InChI=1S/C12H25NO3P/c1-5-10(14)17(9(4)8-13,11(15)6-2)12(16)7-3/h9-12,14-16H,5-7H2,1-4H3/q+1. The maximum Gasteiger partial charge on any atom is 0.170 e. The normalized spacial score (nSPS) is 22.0. The second-order valence-corrected chi connectivity index (χ2v) is 8.72. The molecule has 0 amide bonds. The van der Waals surface area contributed by atoms with Crippen molar-refractivity contribution in [1.29, 1.82) is 5.26 Å². The van der Waals surface area contributed by atoms with Crippen LogP contribution in [0.15, 0.2) is 0 Å². The second kappa shape index (κ2) is 7.28. The minimum absolute atomic E-state index is 0.452. The summed E-state index contributed by atoms with van der Waals surface area (Å²) >= 11 is 0. The van der Waals surface area contributed by atoms with Gasteiger partial charge < -0.3 is 15.3 Å². The molecule has 0 saturated heterocycles. The summed E-state index contributed by atoms with van der Waals surface area (Å²) in [6.07, 6.45) is 1.36. The Bertz CT molecular complexity index is 240. The van der Waals surface area contributed by atoms with Gasteiger partial charge in [-0.3, -0.25) is 0 Å². The Morgan fingerprint density at radius 3 is 1.41 bits per heavy atom. The Balaban J connectivity index is 5.62. The topological polar surface area (TPSA) is 84.5 Å². The largest absolute Gasteiger partial charge is 0.359 e. The van der Waals surface area contributed by atoms with E-state index in [1.807, 2.05) is 20.8 Å². The molecule has 0 fully saturated rings. The van der Waals surface area contributed by atoms with Crippen molar-refractivity contribution in [1.82, 2.24) is 0 Å². The molecule has 4 nitrogen and oxygen atoms in total. The lowest BCUT2D eigenvalue weighted by atomic mass is 10.5. The van der Waals surface area contributed by atoms with E-state index in [9.17, 15) is 15.3 Å². The van der Waals surface area contributed by atoms with E-state index in [4.69, 9.17) is 5.26 Å². The highest BCUT2D eigenvalue weighted by molar-refractivity contribution is 7.78. The fraction of sp³-hybridized carbons (Fsp3) is 0.917. The van der Waals surface area contributed by atoms with Gasteiger partial charge in [0.25, 0.3) is 0 Å². The SMILES string of the molecule is CCC(O)[P+](C(C)C#N)(C(O)CC)C(O)CC. The molecule has 100 valence electrons. The van der Waals surface area contributed by atoms with Gasteiger partial charge in [0.05, 0.1) is 0 Å². The van der Waals surface area contributed by atoms with Crippen molar-refractivity contribution in [3.63, 3.8) is 0 Å². The first kappa shape index (κ1) is 16.8. The van der Waals surface area contributed by atoms with E-state index in [0.29, 0.717) is 19.3 Å². The first-order valence-electron chi connectivity index (χ1n) is 6.24. The van der Waals surface area contributed by atoms with Crippen LogP contribution in [0, 0.1) is 11.3 Å². The highest BCUT2D eigenvalue weighted by atomic mass is 31.2. The maximum atomic E-state index is 10.3. The number of hydrogen-bond acceptors (Lipinski definition) is 4. The number of rotatable bonds is 7. The molecule has 0 aliphatic heterocycles. The molecular formula is C12H25NO3P+. The van der Waals surface area contributed by atoms with Gasteiger partial charge in [-0.2, -0.15) is 5.26 Å². The Morgan fingerprint density at radius 1 is 0.941 bits per heavy atom. The molecule has 3 N–H and O–H groups in total. The summed E-state index contributed by atoms with van der Waals surface area (Å²) in [6.45, 7) is 7.14. The zero-order chi connectivity index (χ0) is 13.6. The minimum atomic E-state index is -2.55. The van der Waals surface area contributed by atoms with Gasteiger partial charge in [-0.15, -0.1) is 0 Å². The lowest BCUT2D eigenvalue weighted by Gasteiger charge is -2.39. The Hall–Kier alpha value is -0.200. The van der Waals surface area contributed by atoms with Crippen molar-refractivity contribution >= 4 is 7.26 Å². The Labute approximate surface area is 105 Å². The number of aliphatic hydroxyl groups excluding tert-OH is 3. The number of nitrogens with zero attached hydrogens (tertiary/aromatic N) is 1. The number of aliphatic hydroxyl groups is 3. The van der Waals surface area contributed by atoms with E-state index < -0.39 is 30.5 Å². The van der Waals surface area contributed by atoms with E-state index in [2.05, 4.69) is 6.07 Å².